The van der Waals surface area contributed by atoms with Gasteiger partial charge in [-0.1, -0.05) is 6.92 Å². The Balaban J connectivity index is 2.22. The summed E-state index contributed by atoms with van der Waals surface area (Å²) in [5, 5.41) is 7.37. The third-order valence-electron chi connectivity index (χ3n) is 2.65. The van der Waals surface area contributed by atoms with Gasteiger partial charge < -0.3 is 15.4 Å². The van der Waals surface area contributed by atoms with Gasteiger partial charge in [-0.3, -0.25) is 9.79 Å². The van der Waals surface area contributed by atoms with E-state index >= 15 is 0 Å². The molecule has 112 valence electrons. The Labute approximate surface area is 123 Å². The van der Waals surface area contributed by atoms with Crippen LogP contribution in [-0.2, 0) is 22.4 Å². The third-order valence-corrected chi connectivity index (χ3v) is 3.86. The molecule has 20 heavy (non-hydrogen) atoms. The monoisotopic (exact) mass is 298 g/mol. The average molecular weight is 298 g/mol. The van der Waals surface area contributed by atoms with E-state index in [4.69, 9.17) is 0 Å². The molecule has 0 bridgehead atoms. The first-order chi connectivity index (χ1) is 9.69. The zero-order valence-electron chi connectivity index (χ0n) is 12.2. The van der Waals surface area contributed by atoms with Crippen molar-refractivity contribution in [1.82, 2.24) is 15.6 Å². The molecule has 0 aliphatic carbocycles. The molecule has 0 atom stereocenters. The van der Waals surface area contributed by atoms with Crippen molar-refractivity contribution in [3.05, 3.63) is 16.1 Å². The molecule has 1 aromatic heterocycles. The van der Waals surface area contributed by atoms with Gasteiger partial charge in [-0.05, 0) is 6.42 Å². The predicted molar refractivity (Wildman–Crippen MR) is 81.2 cm³/mol. The summed E-state index contributed by atoms with van der Waals surface area (Å²) in [7, 11) is 3.08. The number of ether oxygens (including phenoxy) is 1. The lowest BCUT2D eigenvalue weighted by atomic mass is 10.4. The summed E-state index contributed by atoms with van der Waals surface area (Å²) in [5.41, 5.74) is 0. The Bertz CT molecular complexity index is 445. The number of nitrogens with zero attached hydrogens (tertiary/aromatic N) is 2. The van der Waals surface area contributed by atoms with E-state index in [-0.39, 0.29) is 5.97 Å². The fraction of sp³-hybridized carbons (Fsp3) is 0.615. The van der Waals surface area contributed by atoms with Crippen LogP contribution >= 0.6 is 11.3 Å². The summed E-state index contributed by atoms with van der Waals surface area (Å²) in [4.78, 5) is 20.7. The minimum atomic E-state index is -0.233. The van der Waals surface area contributed by atoms with Gasteiger partial charge in [0.15, 0.2) is 5.96 Å². The van der Waals surface area contributed by atoms with Crippen molar-refractivity contribution in [3.63, 3.8) is 0 Å². The van der Waals surface area contributed by atoms with E-state index in [1.54, 1.807) is 18.4 Å². The Morgan fingerprint density at radius 3 is 2.80 bits per heavy atom. The molecule has 0 unspecified atom stereocenters. The van der Waals surface area contributed by atoms with E-state index in [0.717, 1.165) is 24.4 Å². The van der Waals surface area contributed by atoms with Crippen molar-refractivity contribution in [2.45, 2.75) is 26.2 Å². The van der Waals surface area contributed by atoms with Crippen molar-refractivity contribution in [1.29, 1.82) is 0 Å². The number of nitrogens with one attached hydrogen (secondary N) is 2. The number of methoxy groups -OCH3 is 1. The number of aryl methyl sites for hydroxylation is 1. The van der Waals surface area contributed by atoms with Gasteiger partial charge in [-0.2, -0.15) is 0 Å². The lowest BCUT2D eigenvalue weighted by Crippen LogP contribution is -2.39. The minimum absolute atomic E-state index is 0.233. The molecular formula is C13H22N4O2S. The molecule has 1 rings (SSSR count). The van der Waals surface area contributed by atoms with Crippen LogP contribution in [0.25, 0.3) is 0 Å². The number of carbonyl (C=O) groups excluding carboxylic acids is 1. The van der Waals surface area contributed by atoms with Gasteiger partial charge in [0.25, 0.3) is 0 Å². The molecule has 0 spiro atoms. The number of guanidine groups is 1. The molecule has 0 fully saturated rings. The Morgan fingerprint density at radius 1 is 1.45 bits per heavy atom. The maximum atomic E-state index is 11.0. The van der Waals surface area contributed by atoms with Crippen LogP contribution in [0, 0.1) is 0 Å². The maximum Gasteiger partial charge on any atom is 0.307 e. The van der Waals surface area contributed by atoms with Crippen LogP contribution in [0.3, 0.4) is 0 Å². The van der Waals surface area contributed by atoms with Crippen LogP contribution in [0.4, 0.5) is 0 Å². The van der Waals surface area contributed by atoms with Crippen molar-refractivity contribution >= 4 is 23.3 Å². The summed E-state index contributed by atoms with van der Waals surface area (Å²) < 4.78 is 4.57. The largest absolute Gasteiger partial charge is 0.469 e. The van der Waals surface area contributed by atoms with E-state index in [1.807, 2.05) is 6.20 Å². The molecule has 7 heteroatoms. The van der Waals surface area contributed by atoms with Gasteiger partial charge in [0.05, 0.1) is 18.5 Å². The van der Waals surface area contributed by atoms with Crippen LogP contribution in [0.1, 0.15) is 23.2 Å². The maximum absolute atomic E-state index is 11.0. The van der Waals surface area contributed by atoms with Gasteiger partial charge >= 0.3 is 5.97 Å². The van der Waals surface area contributed by atoms with Crippen LogP contribution in [0.5, 0.6) is 0 Å². The van der Waals surface area contributed by atoms with Gasteiger partial charge in [-0.25, -0.2) is 4.98 Å². The predicted octanol–water partition coefficient (Wildman–Crippen LogP) is 0.976. The molecule has 6 nitrogen and oxygen atoms in total. The standard InChI is InChI=1S/C13H22N4O2S/c1-4-10-9-17-11(20-10)5-7-15-13(14-2)16-8-6-12(18)19-3/h9H,4-8H2,1-3H3,(H2,14,15,16). The lowest BCUT2D eigenvalue weighted by Gasteiger charge is -2.10. The number of carbonyl (C=O) groups is 1. The molecule has 2 N–H and O–H groups in total. The highest BCUT2D eigenvalue weighted by molar-refractivity contribution is 7.11. The molecule has 0 radical (unpaired) electrons. The first kappa shape index (κ1) is 16.4. The molecule has 1 heterocycles. The van der Waals surface area contributed by atoms with Gasteiger partial charge in [0, 0.05) is 37.6 Å². The SMILES string of the molecule is CCc1cnc(CCNC(=NC)NCCC(=O)OC)s1. The second-order valence-corrected chi connectivity index (χ2v) is 5.28. The molecule has 0 amide bonds. The molecule has 0 aliphatic rings. The van der Waals surface area contributed by atoms with E-state index in [2.05, 4.69) is 32.3 Å². The van der Waals surface area contributed by atoms with E-state index < -0.39 is 0 Å². The second-order valence-electron chi connectivity index (χ2n) is 4.08. The van der Waals surface area contributed by atoms with Crippen LogP contribution < -0.4 is 10.6 Å². The quantitative estimate of drug-likeness (QED) is 0.446. The number of hydrogen-bond donors (Lipinski definition) is 2. The number of aromatic nitrogens is 1. The Kier molecular flexibility index (Phi) is 7.64. The summed E-state index contributed by atoms with van der Waals surface area (Å²) in [5.74, 6) is 0.448. The second kappa shape index (κ2) is 9.30. The fourth-order valence-corrected chi connectivity index (χ4v) is 2.38. The average Bonchev–Trinajstić information content (AvgIpc) is 2.93. The fourth-order valence-electron chi connectivity index (χ4n) is 1.52. The van der Waals surface area contributed by atoms with Crippen LogP contribution in [0.2, 0.25) is 0 Å². The number of thiazole rings is 1. The summed E-state index contributed by atoms with van der Waals surface area (Å²) in [6.07, 6.45) is 4.15. The minimum Gasteiger partial charge on any atom is -0.469 e. The third kappa shape index (κ3) is 6.01. The van der Waals surface area contributed by atoms with Gasteiger partial charge in [0.2, 0.25) is 0 Å². The number of esters is 1. The topological polar surface area (TPSA) is 75.6 Å². The highest BCUT2D eigenvalue weighted by Crippen LogP contribution is 2.13. The highest BCUT2D eigenvalue weighted by Gasteiger charge is 2.03. The normalized spacial score (nSPS) is 11.2. The highest BCUT2D eigenvalue weighted by atomic mass is 32.1. The van der Waals surface area contributed by atoms with Crippen molar-refractivity contribution in [2.24, 2.45) is 4.99 Å². The summed E-state index contributed by atoms with van der Waals surface area (Å²) in [6.45, 7) is 3.39. The van der Waals surface area contributed by atoms with Crippen molar-refractivity contribution in [2.75, 3.05) is 27.2 Å². The molecule has 0 saturated carbocycles. The Morgan fingerprint density at radius 2 is 2.20 bits per heavy atom. The van der Waals surface area contributed by atoms with E-state index in [9.17, 15) is 4.79 Å². The molecule has 0 aromatic carbocycles. The lowest BCUT2D eigenvalue weighted by molar-refractivity contribution is -0.140. The number of hydrogen-bond acceptors (Lipinski definition) is 5. The first-order valence-electron chi connectivity index (χ1n) is 6.64. The van der Waals surface area contributed by atoms with E-state index in [0.29, 0.717) is 18.9 Å². The van der Waals surface area contributed by atoms with Crippen molar-refractivity contribution < 1.29 is 9.53 Å². The van der Waals surface area contributed by atoms with Crippen LogP contribution in [-0.4, -0.2) is 44.2 Å². The molecule has 0 saturated heterocycles. The van der Waals surface area contributed by atoms with Gasteiger partial charge in [0.1, 0.15) is 0 Å². The smallest absolute Gasteiger partial charge is 0.307 e. The summed E-state index contributed by atoms with van der Waals surface area (Å²) in [6, 6.07) is 0. The summed E-state index contributed by atoms with van der Waals surface area (Å²) >= 11 is 1.74. The van der Waals surface area contributed by atoms with Crippen molar-refractivity contribution in [3.8, 4) is 0 Å². The first-order valence-corrected chi connectivity index (χ1v) is 7.46. The molecular weight excluding hydrogens is 276 g/mol. The molecule has 1 aromatic rings. The molecule has 0 aliphatic heterocycles. The zero-order valence-corrected chi connectivity index (χ0v) is 13.0. The Hall–Kier alpha value is -1.63. The van der Waals surface area contributed by atoms with Crippen LogP contribution in [0.15, 0.2) is 11.2 Å². The van der Waals surface area contributed by atoms with Gasteiger partial charge in [-0.15, -0.1) is 11.3 Å². The number of aliphatic imine (C=N–C) groups is 1. The van der Waals surface area contributed by atoms with E-state index in [1.165, 1.54) is 12.0 Å². The zero-order chi connectivity index (χ0) is 14.8. The number of rotatable bonds is 7.